The van der Waals surface area contributed by atoms with Gasteiger partial charge in [0.1, 0.15) is 17.1 Å². The van der Waals surface area contributed by atoms with E-state index in [-0.39, 0.29) is 17.9 Å². The number of nitrogens with zero attached hydrogens (tertiary/aromatic N) is 2. The van der Waals surface area contributed by atoms with Crippen LogP contribution in [0.25, 0.3) is 10.2 Å². The van der Waals surface area contributed by atoms with Gasteiger partial charge in [-0.05, 0) is 29.1 Å². The summed E-state index contributed by atoms with van der Waals surface area (Å²) in [5.74, 6) is -0.868. The van der Waals surface area contributed by atoms with Crippen LogP contribution in [0.5, 0.6) is 0 Å². The summed E-state index contributed by atoms with van der Waals surface area (Å²) >= 11 is 2.49. The largest absolute Gasteiger partial charge is 0.480 e. The van der Waals surface area contributed by atoms with Crippen molar-refractivity contribution >= 4 is 39.3 Å². The second kappa shape index (κ2) is 6.51. The second-order valence-electron chi connectivity index (χ2n) is 4.73. The van der Waals surface area contributed by atoms with E-state index in [0.717, 1.165) is 5.56 Å². The molecule has 8 heteroatoms. The van der Waals surface area contributed by atoms with Crippen molar-refractivity contribution in [2.75, 3.05) is 0 Å². The molecular formula is C15H11FN2O3S2. The highest BCUT2D eigenvalue weighted by atomic mass is 32.2. The van der Waals surface area contributed by atoms with E-state index in [2.05, 4.69) is 4.98 Å². The first-order valence-electron chi connectivity index (χ1n) is 6.61. The third kappa shape index (κ3) is 3.43. The molecule has 1 aromatic carbocycles. The normalized spacial score (nSPS) is 11.0. The van der Waals surface area contributed by atoms with Gasteiger partial charge in [0.05, 0.1) is 5.52 Å². The van der Waals surface area contributed by atoms with Gasteiger partial charge in [0, 0.05) is 5.75 Å². The quantitative estimate of drug-likeness (QED) is 0.566. The lowest BCUT2D eigenvalue weighted by molar-refractivity contribution is -0.137. The molecular weight excluding hydrogens is 339 g/mol. The molecule has 0 unspecified atom stereocenters. The van der Waals surface area contributed by atoms with Gasteiger partial charge >= 0.3 is 5.97 Å². The first-order chi connectivity index (χ1) is 11.0. The van der Waals surface area contributed by atoms with Gasteiger partial charge in [-0.1, -0.05) is 23.9 Å². The minimum absolute atomic E-state index is 0.272. The average Bonchev–Trinajstić information content (AvgIpc) is 3.00. The van der Waals surface area contributed by atoms with Crippen molar-refractivity contribution in [2.45, 2.75) is 17.5 Å². The molecule has 0 spiro atoms. The third-order valence-electron chi connectivity index (χ3n) is 3.13. The van der Waals surface area contributed by atoms with Crippen LogP contribution in [0.3, 0.4) is 0 Å². The number of halogens is 1. The second-order valence-corrected chi connectivity index (χ2v) is 6.59. The van der Waals surface area contributed by atoms with Crippen LogP contribution >= 0.6 is 23.1 Å². The fourth-order valence-corrected chi connectivity index (χ4v) is 3.84. The molecule has 3 aromatic rings. The zero-order valence-corrected chi connectivity index (χ0v) is 13.4. The molecule has 0 aliphatic carbocycles. The summed E-state index contributed by atoms with van der Waals surface area (Å²) in [6.07, 6.45) is 0. The van der Waals surface area contributed by atoms with E-state index < -0.39 is 5.97 Å². The summed E-state index contributed by atoms with van der Waals surface area (Å²) in [5.41, 5.74) is 1.06. The fourth-order valence-electron chi connectivity index (χ4n) is 2.10. The number of carbonyl (C=O) groups is 1. The monoisotopic (exact) mass is 350 g/mol. The Morgan fingerprint density at radius 2 is 2.04 bits per heavy atom. The van der Waals surface area contributed by atoms with Crippen LogP contribution in [-0.4, -0.2) is 20.6 Å². The van der Waals surface area contributed by atoms with E-state index >= 15 is 0 Å². The molecule has 0 saturated heterocycles. The molecule has 0 bridgehead atoms. The predicted octanol–water partition coefficient (Wildman–Crippen LogP) is 2.97. The van der Waals surface area contributed by atoms with Crippen LogP contribution in [-0.2, 0) is 17.1 Å². The highest BCUT2D eigenvalue weighted by molar-refractivity contribution is 7.98. The summed E-state index contributed by atoms with van der Waals surface area (Å²) in [6.45, 7) is -0.272. The van der Waals surface area contributed by atoms with E-state index in [1.54, 1.807) is 23.6 Å². The molecule has 2 aromatic heterocycles. The molecule has 118 valence electrons. The van der Waals surface area contributed by atoms with E-state index in [4.69, 9.17) is 5.11 Å². The zero-order valence-electron chi connectivity index (χ0n) is 11.7. The lowest BCUT2D eigenvalue weighted by atomic mass is 10.2. The number of aliphatic carboxylic acids is 1. The first-order valence-corrected chi connectivity index (χ1v) is 8.48. The van der Waals surface area contributed by atoms with Gasteiger partial charge in [-0.2, -0.15) is 4.98 Å². The Morgan fingerprint density at radius 1 is 1.30 bits per heavy atom. The van der Waals surface area contributed by atoms with E-state index in [1.165, 1.54) is 39.8 Å². The predicted molar refractivity (Wildman–Crippen MR) is 87.5 cm³/mol. The first kappa shape index (κ1) is 15.7. The third-order valence-corrected chi connectivity index (χ3v) is 5.07. The van der Waals surface area contributed by atoms with Crippen molar-refractivity contribution in [3.63, 3.8) is 0 Å². The lowest BCUT2D eigenvalue weighted by Crippen LogP contribution is -2.18. The maximum absolute atomic E-state index is 12.9. The minimum Gasteiger partial charge on any atom is -0.480 e. The zero-order chi connectivity index (χ0) is 16.4. The van der Waals surface area contributed by atoms with E-state index in [0.29, 0.717) is 21.1 Å². The SMILES string of the molecule is O=C(O)Cn1c(SCc2ccc(F)cc2)nc(=O)c2sccc21. The van der Waals surface area contributed by atoms with Crippen molar-refractivity contribution in [2.24, 2.45) is 0 Å². The number of aromatic nitrogens is 2. The van der Waals surface area contributed by atoms with Crippen LogP contribution in [0.4, 0.5) is 4.39 Å². The molecule has 1 N–H and O–H groups in total. The van der Waals surface area contributed by atoms with Crippen LogP contribution in [0, 0.1) is 5.82 Å². The number of thiophene rings is 1. The molecule has 0 aliphatic rings. The van der Waals surface area contributed by atoms with Crippen molar-refractivity contribution in [3.8, 4) is 0 Å². The van der Waals surface area contributed by atoms with Crippen molar-refractivity contribution in [1.82, 2.24) is 9.55 Å². The number of benzene rings is 1. The van der Waals surface area contributed by atoms with Crippen LogP contribution < -0.4 is 5.56 Å². The molecule has 5 nitrogen and oxygen atoms in total. The van der Waals surface area contributed by atoms with Crippen molar-refractivity contribution in [3.05, 3.63) is 57.4 Å². The topological polar surface area (TPSA) is 72.2 Å². The highest BCUT2D eigenvalue weighted by Gasteiger charge is 2.14. The molecule has 0 fully saturated rings. The summed E-state index contributed by atoms with van der Waals surface area (Å²) in [5, 5.41) is 11.2. The number of hydrogen-bond acceptors (Lipinski definition) is 5. The fraction of sp³-hybridized carbons (Fsp3) is 0.133. The summed E-state index contributed by atoms with van der Waals surface area (Å²) < 4.78 is 14.9. The maximum Gasteiger partial charge on any atom is 0.323 e. The molecule has 3 rings (SSSR count). The van der Waals surface area contributed by atoms with Crippen molar-refractivity contribution in [1.29, 1.82) is 0 Å². The molecule has 0 amide bonds. The number of fused-ring (bicyclic) bond motifs is 1. The summed E-state index contributed by atoms with van der Waals surface area (Å²) in [4.78, 5) is 27.1. The van der Waals surface area contributed by atoms with Gasteiger partial charge in [-0.15, -0.1) is 11.3 Å². The number of rotatable bonds is 5. The number of carboxylic acid groups (broad SMARTS) is 1. The van der Waals surface area contributed by atoms with Gasteiger partial charge in [-0.25, -0.2) is 4.39 Å². The highest BCUT2D eigenvalue weighted by Crippen LogP contribution is 2.25. The Balaban J connectivity index is 1.96. The molecule has 0 saturated carbocycles. The van der Waals surface area contributed by atoms with Gasteiger partial charge < -0.3 is 9.67 Å². The Bertz CT molecular complexity index is 919. The lowest BCUT2D eigenvalue weighted by Gasteiger charge is -2.11. The van der Waals surface area contributed by atoms with Crippen molar-refractivity contribution < 1.29 is 14.3 Å². The Hall–Kier alpha value is -2.19. The van der Waals surface area contributed by atoms with Gasteiger partial charge in [0.15, 0.2) is 5.16 Å². The molecule has 0 aliphatic heterocycles. The minimum atomic E-state index is -1.01. The summed E-state index contributed by atoms with van der Waals surface area (Å²) in [7, 11) is 0. The van der Waals surface area contributed by atoms with Crippen LogP contribution in [0.1, 0.15) is 5.56 Å². The van der Waals surface area contributed by atoms with Crippen LogP contribution in [0.15, 0.2) is 45.7 Å². The molecule has 23 heavy (non-hydrogen) atoms. The van der Waals surface area contributed by atoms with Crippen LogP contribution in [0.2, 0.25) is 0 Å². The summed E-state index contributed by atoms with van der Waals surface area (Å²) in [6, 6.07) is 7.72. The average molecular weight is 350 g/mol. The smallest absolute Gasteiger partial charge is 0.323 e. The van der Waals surface area contributed by atoms with Gasteiger partial charge in [0.2, 0.25) is 0 Å². The van der Waals surface area contributed by atoms with E-state index in [1.807, 2.05) is 0 Å². The maximum atomic E-state index is 12.9. The molecule has 0 radical (unpaired) electrons. The van der Waals surface area contributed by atoms with Gasteiger partial charge in [-0.3, -0.25) is 9.59 Å². The Labute approximate surface area is 138 Å². The van der Waals surface area contributed by atoms with Gasteiger partial charge in [0.25, 0.3) is 5.56 Å². The molecule has 2 heterocycles. The molecule has 0 atom stereocenters. The number of hydrogen-bond donors (Lipinski definition) is 1. The Morgan fingerprint density at radius 3 is 2.74 bits per heavy atom. The van der Waals surface area contributed by atoms with E-state index in [9.17, 15) is 14.0 Å². The number of carboxylic acids is 1. The number of thioether (sulfide) groups is 1. The Kier molecular flexibility index (Phi) is 4.44. The standard InChI is InChI=1S/C15H11FN2O3S2/c16-10-3-1-9(2-4-10)8-23-15-17-14(21)13-11(5-6-22-13)18(15)7-12(19)20/h1-6H,7-8H2,(H,19,20).